The number of ketones is 1. The van der Waals surface area contributed by atoms with Gasteiger partial charge in [-0.2, -0.15) is 0 Å². The highest BCUT2D eigenvalue weighted by Gasteiger charge is 2.15. The van der Waals surface area contributed by atoms with Crippen molar-refractivity contribution in [2.24, 2.45) is 0 Å². The second-order valence-corrected chi connectivity index (χ2v) is 5.49. The van der Waals surface area contributed by atoms with E-state index in [0.717, 1.165) is 9.13 Å². The number of hydrogen-bond acceptors (Lipinski definition) is 3. The molecular weight excluding hydrogens is 353 g/mol. The first-order valence-electron chi connectivity index (χ1n) is 5.77. The summed E-state index contributed by atoms with van der Waals surface area (Å²) in [6, 6.07) is 10.9. The van der Waals surface area contributed by atoms with Crippen molar-refractivity contribution in [3.8, 4) is 5.75 Å². The minimum absolute atomic E-state index is 0.0814. The Morgan fingerprint density at radius 1 is 1.21 bits per heavy atom. The third kappa shape index (κ3) is 2.89. The quantitative estimate of drug-likeness (QED) is 0.514. The van der Waals surface area contributed by atoms with Crippen LogP contribution in [0.5, 0.6) is 5.75 Å². The summed E-state index contributed by atoms with van der Waals surface area (Å²) in [6.45, 7) is 1.91. The van der Waals surface area contributed by atoms with Crippen molar-refractivity contribution in [1.82, 2.24) is 0 Å². The molecule has 0 bridgehead atoms. The number of nitrogens with two attached hydrogens (primary N) is 1. The molecule has 0 heterocycles. The van der Waals surface area contributed by atoms with Gasteiger partial charge in [-0.05, 0) is 59.3 Å². The van der Waals surface area contributed by atoms with Crippen LogP contribution in [0.3, 0.4) is 0 Å². The molecule has 98 valence electrons. The largest absolute Gasteiger partial charge is 0.496 e. The van der Waals surface area contributed by atoms with E-state index in [0.29, 0.717) is 22.6 Å². The maximum Gasteiger partial charge on any atom is 0.196 e. The van der Waals surface area contributed by atoms with Gasteiger partial charge in [0.2, 0.25) is 0 Å². The molecule has 0 aliphatic carbocycles. The molecule has 0 saturated heterocycles. The molecule has 19 heavy (non-hydrogen) atoms. The van der Waals surface area contributed by atoms with E-state index in [4.69, 9.17) is 10.5 Å². The Hall–Kier alpha value is -1.56. The van der Waals surface area contributed by atoms with E-state index >= 15 is 0 Å². The summed E-state index contributed by atoms with van der Waals surface area (Å²) in [5.74, 6) is 0.492. The second kappa shape index (κ2) is 5.61. The van der Waals surface area contributed by atoms with Crippen molar-refractivity contribution >= 4 is 34.1 Å². The van der Waals surface area contributed by atoms with Gasteiger partial charge < -0.3 is 10.5 Å². The summed E-state index contributed by atoms with van der Waals surface area (Å²) < 4.78 is 6.23. The monoisotopic (exact) mass is 367 g/mol. The first-order valence-corrected chi connectivity index (χ1v) is 6.85. The number of aryl methyl sites for hydroxylation is 1. The molecule has 0 amide bonds. The fraction of sp³-hybridized carbons (Fsp3) is 0.133. The molecule has 3 nitrogen and oxygen atoms in total. The Morgan fingerprint density at radius 2 is 1.95 bits per heavy atom. The van der Waals surface area contributed by atoms with Gasteiger partial charge >= 0.3 is 0 Å². The highest BCUT2D eigenvalue weighted by atomic mass is 127. The number of hydrogen-bond donors (Lipinski definition) is 1. The zero-order chi connectivity index (χ0) is 14.0. The lowest BCUT2D eigenvalue weighted by Gasteiger charge is -2.09. The zero-order valence-corrected chi connectivity index (χ0v) is 12.9. The standard InChI is InChI=1S/C15H14INO2/c1-9-3-4-10(7-13(9)17)15(18)12-8-11(16)5-6-14(12)19-2/h3-8H,17H2,1-2H3. The van der Waals surface area contributed by atoms with E-state index in [-0.39, 0.29) is 5.78 Å². The van der Waals surface area contributed by atoms with Crippen molar-refractivity contribution in [2.75, 3.05) is 12.8 Å². The lowest BCUT2D eigenvalue weighted by molar-refractivity contribution is 0.103. The Labute approximate surface area is 125 Å². The SMILES string of the molecule is COc1ccc(I)cc1C(=O)c1ccc(C)c(N)c1. The fourth-order valence-electron chi connectivity index (χ4n) is 1.79. The maximum absolute atomic E-state index is 12.5. The minimum atomic E-state index is -0.0814. The number of nitrogen functional groups attached to an aromatic ring is 1. The number of anilines is 1. The van der Waals surface area contributed by atoms with Crippen LogP contribution < -0.4 is 10.5 Å². The van der Waals surface area contributed by atoms with Gasteiger partial charge in [0.05, 0.1) is 12.7 Å². The van der Waals surface area contributed by atoms with Crippen molar-refractivity contribution in [3.05, 3.63) is 56.7 Å². The first kappa shape index (κ1) is 13.9. The Balaban J connectivity index is 2.49. The molecule has 0 aromatic heterocycles. The summed E-state index contributed by atoms with van der Waals surface area (Å²) in [5.41, 5.74) is 8.56. The first-order chi connectivity index (χ1) is 9.02. The van der Waals surface area contributed by atoms with E-state index in [1.165, 1.54) is 0 Å². The molecule has 0 spiro atoms. The van der Waals surface area contributed by atoms with Gasteiger partial charge in [0.1, 0.15) is 5.75 Å². The fourth-order valence-corrected chi connectivity index (χ4v) is 2.29. The number of carbonyl (C=O) groups is 1. The highest BCUT2D eigenvalue weighted by molar-refractivity contribution is 14.1. The normalized spacial score (nSPS) is 10.3. The second-order valence-electron chi connectivity index (χ2n) is 4.25. The molecule has 2 aromatic carbocycles. The molecule has 0 aliphatic rings. The van der Waals surface area contributed by atoms with Crippen LogP contribution in [-0.2, 0) is 0 Å². The molecule has 0 unspecified atom stereocenters. The molecule has 2 N–H and O–H groups in total. The summed E-state index contributed by atoms with van der Waals surface area (Å²) in [6.07, 6.45) is 0. The Bertz CT molecular complexity index is 638. The summed E-state index contributed by atoms with van der Waals surface area (Å²) in [7, 11) is 1.56. The van der Waals surface area contributed by atoms with Crippen molar-refractivity contribution in [2.45, 2.75) is 6.92 Å². The highest BCUT2D eigenvalue weighted by Crippen LogP contribution is 2.25. The summed E-state index contributed by atoms with van der Waals surface area (Å²) in [4.78, 5) is 12.5. The molecule has 0 saturated carbocycles. The van der Waals surface area contributed by atoms with E-state index in [1.807, 2.05) is 25.1 Å². The van der Waals surface area contributed by atoms with Gasteiger partial charge in [-0.1, -0.05) is 12.1 Å². The van der Waals surface area contributed by atoms with Gasteiger partial charge in [-0.25, -0.2) is 0 Å². The van der Waals surface area contributed by atoms with E-state index in [1.54, 1.807) is 25.3 Å². The number of carbonyl (C=O) groups excluding carboxylic acids is 1. The van der Waals surface area contributed by atoms with Crippen LogP contribution in [0, 0.1) is 10.5 Å². The average Bonchev–Trinajstić information content (AvgIpc) is 2.41. The topological polar surface area (TPSA) is 52.3 Å². The zero-order valence-electron chi connectivity index (χ0n) is 10.7. The molecule has 4 heteroatoms. The van der Waals surface area contributed by atoms with Crippen molar-refractivity contribution in [3.63, 3.8) is 0 Å². The van der Waals surface area contributed by atoms with E-state index in [2.05, 4.69) is 22.6 Å². The van der Waals surface area contributed by atoms with Crippen LogP contribution >= 0.6 is 22.6 Å². The number of ether oxygens (including phenoxy) is 1. The van der Waals surface area contributed by atoms with Gasteiger partial charge in [0, 0.05) is 14.8 Å². The summed E-state index contributed by atoms with van der Waals surface area (Å²) in [5, 5.41) is 0. The number of benzene rings is 2. The maximum atomic E-state index is 12.5. The van der Waals surface area contributed by atoms with Crippen molar-refractivity contribution < 1.29 is 9.53 Å². The molecule has 0 aliphatic heterocycles. The minimum Gasteiger partial charge on any atom is -0.496 e. The molecule has 2 aromatic rings. The average molecular weight is 367 g/mol. The van der Waals surface area contributed by atoms with E-state index in [9.17, 15) is 4.79 Å². The Morgan fingerprint density at radius 3 is 2.58 bits per heavy atom. The van der Waals surface area contributed by atoms with Crippen LogP contribution in [0.1, 0.15) is 21.5 Å². The molecule has 0 radical (unpaired) electrons. The summed E-state index contributed by atoms with van der Waals surface area (Å²) >= 11 is 2.17. The van der Waals surface area contributed by atoms with Crippen LogP contribution in [0.2, 0.25) is 0 Å². The van der Waals surface area contributed by atoms with Gasteiger partial charge in [-0.15, -0.1) is 0 Å². The predicted octanol–water partition coefficient (Wildman–Crippen LogP) is 3.42. The van der Waals surface area contributed by atoms with Gasteiger partial charge in [0.25, 0.3) is 0 Å². The van der Waals surface area contributed by atoms with Crippen LogP contribution in [0.25, 0.3) is 0 Å². The molecule has 0 fully saturated rings. The number of methoxy groups -OCH3 is 1. The van der Waals surface area contributed by atoms with Gasteiger partial charge in [0.15, 0.2) is 5.78 Å². The van der Waals surface area contributed by atoms with Crippen LogP contribution in [0.4, 0.5) is 5.69 Å². The molecular formula is C15H14INO2. The number of halogens is 1. The Kier molecular flexibility index (Phi) is 4.09. The number of rotatable bonds is 3. The molecule has 2 rings (SSSR count). The van der Waals surface area contributed by atoms with Crippen LogP contribution in [-0.4, -0.2) is 12.9 Å². The molecule has 0 atom stereocenters. The predicted molar refractivity (Wildman–Crippen MR) is 84.7 cm³/mol. The van der Waals surface area contributed by atoms with Crippen LogP contribution in [0.15, 0.2) is 36.4 Å². The smallest absolute Gasteiger partial charge is 0.196 e. The van der Waals surface area contributed by atoms with E-state index < -0.39 is 0 Å². The van der Waals surface area contributed by atoms with Crippen molar-refractivity contribution in [1.29, 1.82) is 0 Å². The third-order valence-corrected chi connectivity index (χ3v) is 3.62. The van der Waals surface area contributed by atoms with Gasteiger partial charge in [-0.3, -0.25) is 4.79 Å². The lowest BCUT2D eigenvalue weighted by atomic mass is 10.0. The lowest BCUT2D eigenvalue weighted by Crippen LogP contribution is -2.05. The third-order valence-electron chi connectivity index (χ3n) is 2.95.